The molecule has 24 nitrogen and oxygen atoms in total. The van der Waals surface area contributed by atoms with Crippen LogP contribution in [0.5, 0.6) is 0 Å². The highest BCUT2D eigenvalue weighted by Crippen LogP contribution is 2.51. The molecule has 0 aromatic carbocycles. The summed E-state index contributed by atoms with van der Waals surface area (Å²) in [6.45, 7) is -1.97. The highest BCUT2D eigenvalue weighted by Gasteiger charge is 2.52. The number of rotatable bonds is 2. The van der Waals surface area contributed by atoms with Gasteiger partial charge in [0, 0.05) is 0 Å². The third-order valence-corrected chi connectivity index (χ3v) is 10.5. The van der Waals surface area contributed by atoms with Gasteiger partial charge < -0.3 is 59.0 Å². The van der Waals surface area contributed by atoms with Gasteiger partial charge in [0.05, 0.1) is 13.2 Å². The van der Waals surface area contributed by atoms with Crippen molar-refractivity contribution >= 4 is 81.7 Å². The van der Waals surface area contributed by atoms with E-state index in [0.29, 0.717) is 0 Å². The van der Waals surface area contributed by atoms with Crippen molar-refractivity contribution in [1.82, 2.24) is 39.0 Å². The number of aromatic nitrogens is 8. The molecule has 7 rings (SSSR count). The summed E-state index contributed by atoms with van der Waals surface area (Å²) in [5.41, 5.74) is 9.01. The van der Waals surface area contributed by atoms with Crippen molar-refractivity contribution in [2.75, 3.05) is 24.7 Å². The molecule has 0 amide bonds. The van der Waals surface area contributed by atoms with Gasteiger partial charge in [0.1, 0.15) is 36.6 Å². The van der Waals surface area contributed by atoms with E-state index < -0.39 is 89.1 Å². The number of fused-ring (bicyclic) bond motifs is 4. The maximum atomic E-state index is 13.1. The van der Waals surface area contributed by atoms with E-state index in [-0.39, 0.29) is 43.7 Å². The Bertz CT molecular complexity index is 2010. The average molecular weight is 846 g/mol. The van der Waals surface area contributed by atoms with Gasteiger partial charge in [-0.2, -0.15) is 9.97 Å². The van der Waals surface area contributed by atoms with Crippen molar-refractivity contribution in [3.05, 3.63) is 30.2 Å². The Kier molecular flexibility index (Phi) is 8.44. The lowest BCUT2D eigenvalue weighted by atomic mass is 10.1. The summed E-state index contributed by atoms with van der Waals surface area (Å²) in [5.74, 6) is -0.636. The van der Waals surface area contributed by atoms with Crippen molar-refractivity contribution in [3.8, 4) is 0 Å². The third-order valence-electron chi connectivity index (χ3n) is 7.47. The smallest absolute Gasteiger partial charge is 0.280 e. The maximum Gasteiger partial charge on any atom is 0.280 e. The molecule has 4 aromatic rings. The largest absolute Gasteiger partial charge is 0.756 e. The molecule has 48 heavy (non-hydrogen) atoms. The number of phosphoric acid groups is 2. The third kappa shape index (κ3) is 5.83. The number of nitrogen functional groups attached to an aromatic ring is 2. The van der Waals surface area contributed by atoms with Crippen LogP contribution in [0.3, 0.4) is 0 Å². The summed E-state index contributed by atoms with van der Waals surface area (Å²) in [5, 5.41) is 22.4. The van der Waals surface area contributed by atoms with Crippen LogP contribution in [0.1, 0.15) is 12.5 Å². The molecule has 8 N–H and O–H groups in total. The Morgan fingerprint density at radius 3 is 1.50 bits per heavy atom. The van der Waals surface area contributed by atoms with Gasteiger partial charge in [0.2, 0.25) is 11.9 Å². The van der Waals surface area contributed by atoms with Crippen LogP contribution in [0.2, 0.25) is 0 Å². The fourth-order valence-electron chi connectivity index (χ4n) is 5.48. The molecule has 3 fully saturated rings. The van der Waals surface area contributed by atoms with Crippen LogP contribution >= 0.6 is 47.5 Å². The van der Waals surface area contributed by atoms with Gasteiger partial charge in [-0.1, -0.05) is 0 Å². The molecule has 0 saturated carbocycles. The number of nitrogens with zero attached hydrogens (tertiary/aromatic N) is 6. The summed E-state index contributed by atoms with van der Waals surface area (Å²) < 4.78 is 59.9. The fraction of sp³-hybridized carbons (Fsp3) is 0.500. The Balaban J connectivity index is 1.20. The number of phosphoric ester groups is 2. The van der Waals surface area contributed by atoms with Crippen molar-refractivity contribution in [3.63, 3.8) is 0 Å². The van der Waals surface area contributed by atoms with Gasteiger partial charge in [-0.15, -0.1) is 0 Å². The predicted molar refractivity (Wildman–Crippen MR) is 157 cm³/mol. The molecule has 0 aliphatic carbocycles. The number of hydrogen-bond acceptors (Lipinski definition) is 20. The molecule has 10 atom stereocenters. The summed E-state index contributed by atoms with van der Waals surface area (Å²) in [6.07, 6.45) is -14.0. The van der Waals surface area contributed by atoms with E-state index in [0.717, 1.165) is 9.13 Å². The Morgan fingerprint density at radius 2 is 1.12 bits per heavy atom. The minimum atomic E-state index is -5.41. The monoisotopic (exact) mass is 844 g/mol. The fourth-order valence-corrected chi connectivity index (χ4v) is 8.47. The molecule has 260 valence electrons. The lowest BCUT2D eigenvalue weighted by Crippen LogP contribution is -2.41. The van der Waals surface area contributed by atoms with Crippen molar-refractivity contribution < 1.29 is 56.7 Å². The molecule has 0 spiro atoms. The molecule has 7 heterocycles. The van der Waals surface area contributed by atoms with Crippen LogP contribution in [0.4, 0.5) is 11.9 Å². The van der Waals surface area contributed by atoms with Crippen LogP contribution in [0, 0.1) is 0 Å². The first kappa shape index (κ1) is 33.8. The molecular weight excluding hydrogens is 826 g/mol. The molecule has 4 unspecified atom stereocenters. The van der Waals surface area contributed by atoms with E-state index in [4.69, 9.17) is 39.0 Å². The van der Waals surface area contributed by atoms with Crippen LogP contribution in [-0.2, 0) is 36.7 Å². The molecule has 4 aromatic heterocycles. The van der Waals surface area contributed by atoms with Gasteiger partial charge in [-0.25, -0.2) is 9.97 Å². The lowest BCUT2D eigenvalue weighted by Gasteiger charge is -2.34. The van der Waals surface area contributed by atoms with E-state index in [1.165, 1.54) is 0 Å². The molecule has 0 bridgehead atoms. The van der Waals surface area contributed by atoms with Crippen molar-refractivity contribution in [2.24, 2.45) is 0 Å². The van der Waals surface area contributed by atoms with Crippen LogP contribution < -0.4 is 32.4 Å². The second-order valence-corrected chi connectivity index (χ2v) is 14.6. The summed E-state index contributed by atoms with van der Waals surface area (Å²) in [6, 6.07) is 0. The molecule has 28 heteroatoms. The highest BCUT2D eigenvalue weighted by molar-refractivity contribution is 9.10. The molecule has 0 radical (unpaired) electrons. The lowest BCUT2D eigenvalue weighted by molar-refractivity contribution is -0.244. The van der Waals surface area contributed by atoms with E-state index >= 15 is 0 Å². The standard InChI is InChI=1S/C20H22Br2N10O14P2/c21-17-25-5-11(27-19(23)29-13(5)35)31(17)15-7(33)9-3(43-15)1-41-47(37,38)46-10-4(2-42-48(39,40)45-9)44-16(8(10)34)32-12-6(26-18(32)22)14(36)30-20(24)28-12/h3-4,7-10,15-16,33-34H,1-2H2,(H,37,38)(H,39,40)(H3,23,27,29,35)(H3,24,28,30,36)/p-2/t3-,4-,7+,8?,9?,10+,15-,16-/m1/s1. The number of aliphatic hydroxyl groups excluding tert-OH is 2. The van der Waals surface area contributed by atoms with Crippen molar-refractivity contribution in [2.45, 2.75) is 49.1 Å². The second kappa shape index (κ2) is 12.0. The summed E-state index contributed by atoms with van der Waals surface area (Å²) in [4.78, 5) is 71.3. The van der Waals surface area contributed by atoms with Gasteiger partial charge in [0.15, 0.2) is 44.3 Å². The molecule has 3 saturated heterocycles. The number of nitrogens with one attached hydrogen (secondary N) is 2. The summed E-state index contributed by atoms with van der Waals surface area (Å²) in [7, 11) is -10.8. The number of imidazole rings is 2. The first-order valence-electron chi connectivity index (χ1n) is 13.3. The summed E-state index contributed by atoms with van der Waals surface area (Å²) >= 11 is 6.25. The topological polar surface area (TPSA) is 355 Å². The Hall–Kier alpha value is -2.68. The van der Waals surface area contributed by atoms with Gasteiger partial charge in [0.25, 0.3) is 26.8 Å². The Morgan fingerprint density at radius 1 is 0.750 bits per heavy atom. The van der Waals surface area contributed by atoms with E-state index in [1.807, 2.05) is 0 Å². The molecular formula is C20H20Br2N10O14P2-2. The SMILES string of the molecule is Nc1nc2c(nc(Br)n2[C@@H]2O[C@@H]3COP(=O)([O-])OC4[C@@H](COP(=O)([O-])O[C@@H]3C2O)O[C@@H](n2c(Br)nc3c(=O)[nH]c(N)nc32)[C@H]4O)c(=O)[nH]1. The highest BCUT2D eigenvalue weighted by atomic mass is 79.9. The predicted octanol–water partition coefficient (Wildman–Crippen LogP) is -2.79. The molecule has 3 aliphatic heterocycles. The number of halogens is 2. The van der Waals surface area contributed by atoms with Crippen LogP contribution in [0.25, 0.3) is 22.3 Å². The zero-order valence-corrected chi connectivity index (χ0v) is 28.3. The van der Waals surface area contributed by atoms with E-state index in [1.54, 1.807) is 0 Å². The maximum absolute atomic E-state index is 13.1. The number of aromatic amines is 2. The van der Waals surface area contributed by atoms with Gasteiger partial charge in [-0.3, -0.25) is 37.8 Å². The Labute approximate surface area is 280 Å². The number of hydrogen-bond donors (Lipinski definition) is 6. The van der Waals surface area contributed by atoms with E-state index in [2.05, 4.69) is 61.8 Å². The average Bonchev–Trinajstić information content (AvgIpc) is 3.67. The quantitative estimate of drug-likeness (QED) is 0.0877. The first-order chi connectivity index (χ1) is 22.5. The zero-order chi connectivity index (χ0) is 34.4. The number of aliphatic hydroxyl groups is 2. The van der Waals surface area contributed by atoms with E-state index in [9.17, 15) is 38.7 Å². The number of nitrogens with two attached hydrogens (primary N) is 2. The van der Waals surface area contributed by atoms with Crippen molar-refractivity contribution in [1.29, 1.82) is 0 Å². The van der Waals surface area contributed by atoms with Gasteiger partial charge >= 0.3 is 0 Å². The molecule has 3 aliphatic rings. The number of anilines is 2. The first-order valence-corrected chi connectivity index (χ1v) is 17.9. The van der Waals surface area contributed by atoms with Crippen LogP contribution in [-0.4, -0.2) is 99.1 Å². The zero-order valence-electron chi connectivity index (χ0n) is 23.3. The second-order valence-electron chi connectivity index (χ2n) is 10.5. The number of H-pyrrole nitrogens is 2. The minimum Gasteiger partial charge on any atom is -0.756 e. The minimum absolute atomic E-state index is 0.101. The normalized spacial score (nSPS) is 36.1. The number of ether oxygens (including phenoxy) is 2. The van der Waals surface area contributed by atoms with Gasteiger partial charge in [-0.05, 0) is 31.9 Å². The van der Waals surface area contributed by atoms with Crippen LogP contribution in [0.15, 0.2) is 19.1 Å².